The lowest BCUT2D eigenvalue weighted by atomic mass is 9.47. The second kappa shape index (κ2) is 61.7. The van der Waals surface area contributed by atoms with E-state index < -0.39 is 137 Å². The highest BCUT2D eigenvalue weighted by Gasteiger charge is 2.78. The number of esters is 1. The van der Waals surface area contributed by atoms with Crippen molar-refractivity contribution >= 4 is 177 Å². The minimum atomic E-state index is -2.30. The summed E-state index contributed by atoms with van der Waals surface area (Å²) in [6.07, 6.45) is -7.38. The monoisotopic (exact) mass is 2400 g/mol. The standard InChI is InChI=1S/C43H55N5O7.C10H16Br2N2O2.C10H22Cl2N2O4.2C6H12Br2O4.C6H10N6O.C6H15N.C3H7NO2/c1-6-39(52)21-25-22-42(38(51)55-5,33-27(13-17-47(23-25)24-39)26-11-8-9-12-30(26)45-33)29-19-28-31(20-32(29)54-4)46(3)35-41(28)15-18-48-16-10-14-40(7-2,34(41)48)36(49)43(35,53)37(44)50;11-3-1-9(15)13-5-7-14(8-6-13)10(16)2-4-12;11-1-3-13-5-7(15)9(17)10(18)8(16)6-14-4-2-12;2*7-1-3(9)5(11)6(12)4(10)2-8;1-12(2)11-10-6-4(5(7)13)8-3-9-6;1-4-7(5-2)6-3;1-2-6-3(4)5/h8-12,14,19-20,25,34-36,45,49,52-53H,6-7,13,15-18,21-24H2,1-5H3,(H2,44,50);1-8H2;7-10,13-18H,1-6H2;2*3-6,9-12H,1-2H2;3H,1-2H3,(H2,7,13)(H,8,9);4-6H2,1-3H3;2H2,1H3,(H2,4,5)/t25-,34+,35-,36-,39+,40-,41-,42+,43+;;7-,8-,9-,10-;;;;;/m1.1...../s1. The zero-order valence-electron chi connectivity index (χ0n) is 80.9. The van der Waals surface area contributed by atoms with E-state index in [4.69, 9.17) is 64.6 Å². The van der Waals surface area contributed by atoms with Gasteiger partial charge in [-0.05, 0) is 101 Å². The molecule has 7 aliphatic rings. The molecule has 1 spiro atoms. The van der Waals surface area contributed by atoms with Gasteiger partial charge in [-0.2, -0.15) is 0 Å². The summed E-state index contributed by atoms with van der Waals surface area (Å²) in [5, 5.41) is 166. The summed E-state index contributed by atoms with van der Waals surface area (Å²) in [5.74, 6) is -0.300. The lowest BCUT2D eigenvalue weighted by Crippen LogP contribution is -2.81. The van der Waals surface area contributed by atoms with Gasteiger partial charge in [0.05, 0.1) is 75.4 Å². The van der Waals surface area contributed by atoms with E-state index in [0.717, 1.165) is 46.5 Å². The van der Waals surface area contributed by atoms with Gasteiger partial charge in [-0.3, -0.25) is 38.8 Å². The van der Waals surface area contributed by atoms with Crippen LogP contribution in [-0.4, -0.2) is 450 Å². The molecule has 5 amide bonds. The van der Waals surface area contributed by atoms with Crippen LogP contribution < -0.4 is 37.5 Å². The molecule has 794 valence electrons. The number of imidazole rings is 1. The molecule has 1 aliphatic carbocycles. The van der Waals surface area contributed by atoms with E-state index >= 15 is 4.79 Å². The number of piperazine rings is 1. The molecule has 4 aromatic rings. The normalized spacial score (nSPS) is 25.2. The fourth-order valence-electron chi connectivity index (χ4n) is 18.8. The van der Waals surface area contributed by atoms with Crippen LogP contribution in [-0.2, 0) is 45.9 Å². The number of alkyl halides is 8. The summed E-state index contributed by atoms with van der Waals surface area (Å²) < 4.78 is 16.4. The highest BCUT2D eigenvalue weighted by atomic mass is 79.9. The van der Waals surface area contributed by atoms with E-state index in [0.29, 0.717) is 151 Å². The van der Waals surface area contributed by atoms with Crippen LogP contribution in [0.25, 0.3) is 10.9 Å². The summed E-state index contributed by atoms with van der Waals surface area (Å²) in [7, 11) is 8.31. The molecule has 8 heterocycles. The number of fused-ring (bicyclic) bond motifs is 6. The molecule has 2 bridgehead atoms. The molecular formula is C90H149Br6Cl2N17O24. The topological polar surface area (TPSA) is 628 Å². The van der Waals surface area contributed by atoms with E-state index in [1.54, 1.807) is 28.1 Å². The molecule has 3 saturated heterocycles. The Morgan fingerprint density at radius 3 is 1.58 bits per heavy atom. The van der Waals surface area contributed by atoms with E-state index in [2.05, 4.69) is 190 Å². The van der Waals surface area contributed by atoms with Crippen LogP contribution in [0.2, 0.25) is 0 Å². The van der Waals surface area contributed by atoms with Crippen molar-refractivity contribution in [2.75, 3.05) is 195 Å². The molecule has 4 fully saturated rings. The van der Waals surface area contributed by atoms with Crippen LogP contribution in [0.1, 0.15) is 119 Å². The molecule has 6 aliphatic heterocycles. The molecule has 9 unspecified atom stereocenters. The molecule has 2 aromatic heterocycles. The number of aliphatic hydroxyl groups excluding tert-OH is 13. The molecule has 1 saturated carbocycles. The number of ether oxygens (including phenoxy) is 3. The van der Waals surface area contributed by atoms with Crippen molar-refractivity contribution in [1.82, 2.24) is 55.1 Å². The number of benzene rings is 2. The maximum Gasteiger partial charge on any atom is 0.404 e. The predicted molar refractivity (Wildman–Crippen MR) is 552 cm³/mol. The first-order valence-corrected chi connectivity index (χ1v) is 54.0. The lowest BCUT2D eigenvalue weighted by Gasteiger charge is -2.63. The maximum absolute atomic E-state index is 15.2. The highest BCUT2D eigenvalue weighted by Crippen LogP contribution is 2.68. The number of H-pyrrole nitrogens is 2. The molecule has 0 radical (unpaired) electrons. The van der Waals surface area contributed by atoms with Crippen LogP contribution in [0.3, 0.4) is 0 Å². The molecule has 49 heteroatoms. The first-order chi connectivity index (χ1) is 65.8. The molecule has 139 heavy (non-hydrogen) atoms. The minimum Gasteiger partial charge on any atom is -0.496 e. The highest BCUT2D eigenvalue weighted by molar-refractivity contribution is 9.10. The van der Waals surface area contributed by atoms with Gasteiger partial charge in [-0.25, -0.2) is 9.78 Å². The number of aliphatic hydroxyl groups is 15. The van der Waals surface area contributed by atoms with Crippen molar-refractivity contribution in [3.05, 3.63) is 83.0 Å². The van der Waals surface area contributed by atoms with Gasteiger partial charge in [0.2, 0.25) is 17.6 Å². The van der Waals surface area contributed by atoms with Crippen molar-refractivity contribution < 1.29 is 120 Å². The number of hydrogen-bond acceptors (Lipinski definition) is 33. The van der Waals surface area contributed by atoms with Gasteiger partial charge in [-0.15, -0.1) is 28.3 Å². The number of nitrogens with zero attached hydrogens (tertiary/aromatic N) is 10. The number of aromatic nitrogens is 3. The second-order valence-corrected chi connectivity index (χ2v) is 39.7. The first kappa shape index (κ1) is 126. The Balaban J connectivity index is 0.000000392. The maximum atomic E-state index is 15.2. The SMILES string of the molecule is CCN(CC)CC.CCOC(N)=O.CC[C@]1(O)C[C@H]2CN(CCc3c([nH]c4ccccc34)[C@@](C(=O)OC)(c3cc4c(cc3OC)N(C)[C@H]3[C@@](O)(C(N)=O)[C@H](O)[C@]5(CC)C=CCN6CC[C@]43[C@@H]65)C2)C1.CN(C)N=Nc1nc[nH]c1C(N)=O.O=C(CCBr)N1CCN(C(=O)CCBr)CC1.OC(CBr)C(O)C(O)C(O)CBr.OC(CBr)C(O)C(O)C(O)CBr.O[C@@H]([C@H](O)[C@H](O)CNCCCl)[C@H](O)CNCCCl. The van der Waals surface area contributed by atoms with Gasteiger partial charge >= 0.3 is 12.1 Å². The van der Waals surface area contributed by atoms with Crippen molar-refractivity contribution in [2.45, 2.75) is 206 Å². The Morgan fingerprint density at radius 2 is 1.17 bits per heavy atom. The number of carbonyl (C=O) groups excluding carboxylic acids is 6. The number of methoxy groups -OCH3 is 2. The third kappa shape index (κ3) is 32.6. The molecule has 2 aromatic carbocycles. The zero-order chi connectivity index (χ0) is 105. The number of hydrogen-bond donors (Lipinski definition) is 22. The lowest BCUT2D eigenvalue weighted by molar-refractivity contribution is -0.201. The molecule has 25 N–H and O–H groups in total. The second-order valence-electron chi connectivity index (χ2n) is 34.8. The van der Waals surface area contributed by atoms with Crippen LogP contribution >= 0.6 is 119 Å². The van der Waals surface area contributed by atoms with Gasteiger partial charge in [-0.1, -0.05) is 166 Å². The van der Waals surface area contributed by atoms with Gasteiger partial charge in [0.25, 0.3) is 11.8 Å². The molecular weight excluding hydrogens is 2250 g/mol. The predicted octanol–water partition coefficient (Wildman–Crippen LogP) is 2.00. The number of aromatic amines is 2. The zero-order valence-corrected chi connectivity index (χ0v) is 91.9. The fourth-order valence-corrected chi connectivity index (χ4v) is 21.3. The van der Waals surface area contributed by atoms with Crippen molar-refractivity contribution in [1.29, 1.82) is 0 Å². The number of rotatable bonds is 38. The Bertz CT molecular complexity index is 4330. The summed E-state index contributed by atoms with van der Waals surface area (Å²) in [6, 6.07) is 11.0. The Hall–Kier alpha value is -4.79. The van der Waals surface area contributed by atoms with Crippen LogP contribution in [0.4, 0.5) is 16.3 Å². The number of likely N-dealkylation sites (N-methyl/N-ethyl adjacent to an activating group) is 1. The Morgan fingerprint density at radius 1 is 0.669 bits per heavy atom. The number of nitrogens with one attached hydrogen (secondary N) is 4. The van der Waals surface area contributed by atoms with Gasteiger partial charge in [0.1, 0.15) is 53.9 Å². The van der Waals surface area contributed by atoms with E-state index in [-0.39, 0.29) is 69.7 Å². The smallest absolute Gasteiger partial charge is 0.404 e. The third-order valence-electron chi connectivity index (χ3n) is 25.9. The average molecular weight is 2400 g/mol. The number of nitrogens with two attached hydrogens (primary N) is 3. The van der Waals surface area contributed by atoms with Crippen molar-refractivity contribution in [2.24, 2.45) is 38.9 Å². The molecule has 41 nitrogen and oxygen atoms in total. The van der Waals surface area contributed by atoms with E-state index in [1.165, 1.54) is 38.1 Å². The number of halogens is 8. The minimum absolute atomic E-state index is 0.0790. The quantitative estimate of drug-likeness (QED) is 0.00762. The summed E-state index contributed by atoms with van der Waals surface area (Å²) in [4.78, 5) is 95.2. The van der Waals surface area contributed by atoms with Gasteiger partial charge in [0, 0.05) is 207 Å². The number of amides is 5. The largest absolute Gasteiger partial charge is 0.496 e. The number of anilines is 1. The van der Waals surface area contributed by atoms with Crippen LogP contribution in [0.5, 0.6) is 5.75 Å². The van der Waals surface area contributed by atoms with Crippen LogP contribution in [0, 0.1) is 11.3 Å². The van der Waals surface area contributed by atoms with E-state index in [9.17, 15) is 80.1 Å². The Kier molecular flexibility index (Phi) is 56.2. The van der Waals surface area contributed by atoms with Gasteiger partial charge < -0.3 is 148 Å². The van der Waals surface area contributed by atoms with Gasteiger partial charge in [0.15, 0.2) is 11.3 Å². The average Bonchev–Trinajstić information content (AvgIpc) is 1.48. The fraction of sp³-hybridized carbons (Fsp3) is 0.722. The number of carbonyl (C=O) groups is 6. The van der Waals surface area contributed by atoms with Crippen molar-refractivity contribution in [3.8, 4) is 5.75 Å². The molecule has 11 rings (SSSR count). The number of para-hydroxylation sites is 1. The number of primary amides is 3. The first-order valence-electron chi connectivity index (χ1n) is 46.2. The third-order valence-corrected chi connectivity index (χ3v) is 29.8. The Labute approximate surface area is 874 Å². The summed E-state index contributed by atoms with van der Waals surface area (Å²) in [5.41, 5.74) is 14.5. The summed E-state index contributed by atoms with van der Waals surface area (Å²) in [6.45, 7) is 23.4. The molecule has 22 atom stereocenters. The number of piperidine rings is 1. The van der Waals surface area contributed by atoms with E-state index in [1.807, 2.05) is 72.0 Å². The van der Waals surface area contributed by atoms with Crippen molar-refractivity contribution in [3.63, 3.8) is 0 Å². The summed E-state index contributed by atoms with van der Waals surface area (Å²) >= 11 is 29.1. The van der Waals surface area contributed by atoms with Crippen LogP contribution in [0.15, 0.2) is 65.2 Å².